The maximum Gasteiger partial charge on any atom is 0.345 e. The third kappa shape index (κ3) is 2.31. The van der Waals surface area contributed by atoms with Gasteiger partial charge in [-0.3, -0.25) is 4.57 Å². The first-order chi connectivity index (χ1) is 7.77. The molecule has 0 amide bonds. The average molecular weight is 218 g/mol. The Hall–Kier alpha value is -2.04. The molecule has 0 bridgehead atoms. The van der Waals surface area contributed by atoms with Crippen molar-refractivity contribution in [3.05, 3.63) is 47.1 Å². The molecule has 0 saturated carbocycles. The zero-order valence-corrected chi connectivity index (χ0v) is 9.13. The summed E-state index contributed by atoms with van der Waals surface area (Å²) in [4.78, 5) is 11.4. The highest BCUT2D eigenvalue weighted by Crippen LogP contribution is 2.03. The lowest BCUT2D eigenvalue weighted by atomic mass is 10.3. The molecule has 2 rings (SSSR count). The summed E-state index contributed by atoms with van der Waals surface area (Å²) in [5.41, 5.74) is 0.960. The van der Waals surface area contributed by atoms with E-state index in [0.29, 0.717) is 13.1 Å². The SMILES string of the molecule is Cn1cnn(CCNc2ccccc2)c1=O. The third-order valence-corrected chi connectivity index (χ3v) is 2.31. The number of nitrogens with one attached hydrogen (secondary N) is 1. The number of rotatable bonds is 4. The third-order valence-electron chi connectivity index (χ3n) is 2.31. The molecule has 0 aliphatic carbocycles. The van der Waals surface area contributed by atoms with Gasteiger partial charge in [0.2, 0.25) is 0 Å². The lowest BCUT2D eigenvalue weighted by molar-refractivity contribution is 0.605. The van der Waals surface area contributed by atoms with Crippen molar-refractivity contribution in [3.8, 4) is 0 Å². The fourth-order valence-electron chi connectivity index (χ4n) is 1.44. The summed E-state index contributed by atoms with van der Waals surface area (Å²) in [7, 11) is 1.69. The molecule has 1 N–H and O–H groups in total. The van der Waals surface area contributed by atoms with Gasteiger partial charge in [-0.1, -0.05) is 18.2 Å². The van der Waals surface area contributed by atoms with Gasteiger partial charge in [0.25, 0.3) is 0 Å². The van der Waals surface area contributed by atoms with Crippen molar-refractivity contribution in [1.82, 2.24) is 14.3 Å². The molecular formula is C11H14N4O. The molecule has 84 valence electrons. The standard InChI is InChI=1S/C11H14N4O/c1-14-9-13-15(11(14)16)8-7-12-10-5-3-2-4-6-10/h2-6,9,12H,7-8H2,1H3. The Morgan fingerprint density at radius 3 is 2.69 bits per heavy atom. The summed E-state index contributed by atoms with van der Waals surface area (Å²) in [5, 5.41) is 7.19. The highest BCUT2D eigenvalue weighted by molar-refractivity contribution is 5.42. The van der Waals surface area contributed by atoms with E-state index in [-0.39, 0.29) is 5.69 Å². The largest absolute Gasteiger partial charge is 0.383 e. The van der Waals surface area contributed by atoms with Gasteiger partial charge < -0.3 is 5.32 Å². The summed E-state index contributed by atoms with van der Waals surface area (Å²) in [6.07, 6.45) is 1.52. The van der Waals surface area contributed by atoms with E-state index < -0.39 is 0 Å². The fraction of sp³-hybridized carbons (Fsp3) is 0.273. The molecule has 0 unspecified atom stereocenters. The second-order valence-corrected chi connectivity index (χ2v) is 3.54. The second-order valence-electron chi connectivity index (χ2n) is 3.54. The van der Waals surface area contributed by atoms with Crippen molar-refractivity contribution in [2.75, 3.05) is 11.9 Å². The van der Waals surface area contributed by atoms with Gasteiger partial charge in [0.1, 0.15) is 6.33 Å². The minimum Gasteiger partial charge on any atom is -0.383 e. The van der Waals surface area contributed by atoms with Gasteiger partial charge in [-0.2, -0.15) is 5.10 Å². The molecule has 0 fully saturated rings. The summed E-state index contributed by atoms with van der Waals surface area (Å²) in [6.45, 7) is 1.25. The molecular weight excluding hydrogens is 204 g/mol. The number of nitrogens with zero attached hydrogens (tertiary/aromatic N) is 3. The molecule has 0 radical (unpaired) electrons. The van der Waals surface area contributed by atoms with Crippen LogP contribution in [0.1, 0.15) is 0 Å². The van der Waals surface area contributed by atoms with E-state index in [2.05, 4.69) is 10.4 Å². The summed E-state index contributed by atoms with van der Waals surface area (Å²) >= 11 is 0. The van der Waals surface area contributed by atoms with Crippen molar-refractivity contribution >= 4 is 5.69 Å². The molecule has 1 aromatic carbocycles. The monoisotopic (exact) mass is 218 g/mol. The van der Waals surface area contributed by atoms with Gasteiger partial charge in [-0.05, 0) is 12.1 Å². The Balaban J connectivity index is 1.90. The first-order valence-electron chi connectivity index (χ1n) is 5.15. The normalized spacial score (nSPS) is 10.3. The van der Waals surface area contributed by atoms with Crippen LogP contribution in [0.5, 0.6) is 0 Å². The molecule has 0 aliphatic heterocycles. The fourth-order valence-corrected chi connectivity index (χ4v) is 1.44. The van der Waals surface area contributed by atoms with Crippen LogP contribution >= 0.6 is 0 Å². The van der Waals surface area contributed by atoms with Crippen LogP contribution in [0.15, 0.2) is 41.5 Å². The molecule has 0 aliphatic rings. The maximum atomic E-state index is 11.4. The highest BCUT2D eigenvalue weighted by Gasteiger charge is 1.99. The summed E-state index contributed by atoms with van der Waals surface area (Å²) < 4.78 is 2.90. The van der Waals surface area contributed by atoms with Crippen LogP contribution < -0.4 is 11.0 Å². The van der Waals surface area contributed by atoms with E-state index in [9.17, 15) is 4.79 Å². The number of hydrogen-bond donors (Lipinski definition) is 1. The Labute approximate surface area is 93.3 Å². The van der Waals surface area contributed by atoms with Crippen LogP contribution in [-0.4, -0.2) is 20.9 Å². The van der Waals surface area contributed by atoms with Gasteiger partial charge in [0.15, 0.2) is 0 Å². The van der Waals surface area contributed by atoms with Crippen molar-refractivity contribution in [3.63, 3.8) is 0 Å². The predicted molar refractivity (Wildman–Crippen MR) is 62.4 cm³/mol. The van der Waals surface area contributed by atoms with E-state index >= 15 is 0 Å². The zero-order chi connectivity index (χ0) is 11.4. The van der Waals surface area contributed by atoms with Crippen LogP contribution in [0, 0.1) is 0 Å². The number of aryl methyl sites for hydroxylation is 1. The number of para-hydroxylation sites is 1. The molecule has 1 heterocycles. The predicted octanol–water partition coefficient (Wildman–Crippen LogP) is 0.694. The minimum absolute atomic E-state index is 0.0881. The van der Waals surface area contributed by atoms with E-state index in [1.165, 1.54) is 15.6 Å². The Bertz CT molecular complexity index is 500. The Morgan fingerprint density at radius 2 is 2.06 bits per heavy atom. The molecule has 0 saturated heterocycles. The van der Waals surface area contributed by atoms with Crippen molar-refractivity contribution in [2.45, 2.75) is 6.54 Å². The van der Waals surface area contributed by atoms with E-state index in [1.807, 2.05) is 30.3 Å². The average Bonchev–Trinajstić information content (AvgIpc) is 2.62. The van der Waals surface area contributed by atoms with Gasteiger partial charge in [0, 0.05) is 19.3 Å². The van der Waals surface area contributed by atoms with Gasteiger partial charge in [0.05, 0.1) is 6.54 Å². The lowest BCUT2D eigenvalue weighted by Gasteiger charge is -2.04. The van der Waals surface area contributed by atoms with Crippen LogP contribution in [0.4, 0.5) is 5.69 Å². The Morgan fingerprint density at radius 1 is 1.31 bits per heavy atom. The van der Waals surface area contributed by atoms with Crippen LogP contribution in [0.25, 0.3) is 0 Å². The molecule has 0 atom stereocenters. The Kier molecular flexibility index (Phi) is 3.05. The molecule has 5 nitrogen and oxygen atoms in total. The van der Waals surface area contributed by atoms with Gasteiger partial charge in [-0.25, -0.2) is 9.48 Å². The quantitative estimate of drug-likeness (QED) is 0.821. The minimum atomic E-state index is -0.0881. The smallest absolute Gasteiger partial charge is 0.345 e. The number of anilines is 1. The van der Waals surface area contributed by atoms with Crippen LogP contribution in [0.2, 0.25) is 0 Å². The first-order valence-corrected chi connectivity index (χ1v) is 5.15. The number of benzene rings is 1. The van der Waals surface area contributed by atoms with Crippen LogP contribution in [0.3, 0.4) is 0 Å². The molecule has 1 aromatic heterocycles. The highest BCUT2D eigenvalue weighted by atomic mass is 16.2. The molecule has 16 heavy (non-hydrogen) atoms. The topological polar surface area (TPSA) is 51.9 Å². The van der Waals surface area contributed by atoms with E-state index in [0.717, 1.165) is 5.69 Å². The molecule has 0 spiro atoms. The number of aromatic nitrogens is 3. The van der Waals surface area contributed by atoms with Crippen molar-refractivity contribution < 1.29 is 0 Å². The second kappa shape index (κ2) is 4.65. The van der Waals surface area contributed by atoms with Crippen molar-refractivity contribution in [2.24, 2.45) is 7.05 Å². The zero-order valence-electron chi connectivity index (χ0n) is 9.13. The van der Waals surface area contributed by atoms with Gasteiger partial charge >= 0.3 is 5.69 Å². The first kappa shape index (κ1) is 10.5. The van der Waals surface area contributed by atoms with E-state index in [1.54, 1.807) is 7.05 Å². The van der Waals surface area contributed by atoms with Gasteiger partial charge in [-0.15, -0.1) is 0 Å². The van der Waals surface area contributed by atoms with Crippen LogP contribution in [-0.2, 0) is 13.6 Å². The maximum absolute atomic E-state index is 11.4. The summed E-state index contributed by atoms with van der Waals surface area (Å²) in [5.74, 6) is 0. The molecule has 5 heteroatoms. The number of hydrogen-bond acceptors (Lipinski definition) is 3. The molecule has 2 aromatic rings. The van der Waals surface area contributed by atoms with E-state index in [4.69, 9.17) is 0 Å². The lowest BCUT2D eigenvalue weighted by Crippen LogP contribution is -2.25. The summed E-state index contributed by atoms with van der Waals surface area (Å²) in [6, 6.07) is 9.88. The van der Waals surface area contributed by atoms with Crippen molar-refractivity contribution in [1.29, 1.82) is 0 Å².